The standard InChI is InChI=1S/C27H29Cl2NO4S/c1-2-3-6-13-34-26-24(28)15-21(16-25(26)29)27(31)30(22-12-14-35(32,33)18-22)17-20-10-7-9-19-8-4-5-11-23(19)20/h4-5,7-11,15-16,22H,2-3,6,12-14,17-18H2,1H3/t22-/m1/s1. The van der Waals surface area contributed by atoms with Crippen molar-refractivity contribution < 1.29 is 17.9 Å². The number of benzene rings is 3. The van der Waals surface area contributed by atoms with Crippen molar-refractivity contribution in [3.63, 3.8) is 0 Å². The van der Waals surface area contributed by atoms with E-state index in [1.54, 1.807) is 17.0 Å². The van der Waals surface area contributed by atoms with Gasteiger partial charge in [0.25, 0.3) is 5.91 Å². The zero-order chi connectivity index (χ0) is 25.0. The Hall–Kier alpha value is -2.28. The Morgan fingerprint density at radius 3 is 2.46 bits per heavy atom. The first-order chi connectivity index (χ1) is 16.8. The van der Waals surface area contributed by atoms with E-state index >= 15 is 0 Å². The highest BCUT2D eigenvalue weighted by Crippen LogP contribution is 2.35. The Bertz CT molecular complexity index is 1300. The average molecular weight is 535 g/mol. The van der Waals surface area contributed by atoms with Gasteiger partial charge in [-0.3, -0.25) is 4.79 Å². The molecule has 0 aromatic heterocycles. The van der Waals surface area contributed by atoms with Crippen molar-refractivity contribution in [3.05, 3.63) is 75.8 Å². The maximum absolute atomic E-state index is 13.8. The smallest absolute Gasteiger partial charge is 0.254 e. The van der Waals surface area contributed by atoms with Gasteiger partial charge in [0.1, 0.15) is 0 Å². The van der Waals surface area contributed by atoms with E-state index in [0.29, 0.717) is 24.3 Å². The number of ether oxygens (including phenoxy) is 1. The second-order valence-corrected chi connectivity index (χ2v) is 12.0. The van der Waals surface area contributed by atoms with Crippen molar-refractivity contribution in [1.82, 2.24) is 4.90 Å². The summed E-state index contributed by atoms with van der Waals surface area (Å²) < 4.78 is 30.3. The van der Waals surface area contributed by atoms with Crippen LogP contribution in [0.25, 0.3) is 10.8 Å². The average Bonchev–Trinajstić information content (AvgIpc) is 3.20. The van der Waals surface area contributed by atoms with Gasteiger partial charge in [0.15, 0.2) is 15.6 Å². The van der Waals surface area contributed by atoms with Crippen LogP contribution in [-0.2, 0) is 16.4 Å². The third-order valence-electron chi connectivity index (χ3n) is 6.37. The van der Waals surface area contributed by atoms with Crippen LogP contribution < -0.4 is 4.74 Å². The molecule has 1 heterocycles. The lowest BCUT2D eigenvalue weighted by Crippen LogP contribution is -2.40. The van der Waals surface area contributed by atoms with Crippen LogP contribution in [0.2, 0.25) is 10.0 Å². The summed E-state index contributed by atoms with van der Waals surface area (Å²) in [6.45, 7) is 2.89. The molecule has 1 saturated heterocycles. The summed E-state index contributed by atoms with van der Waals surface area (Å²) in [6.07, 6.45) is 3.40. The van der Waals surface area contributed by atoms with Gasteiger partial charge >= 0.3 is 0 Å². The Morgan fingerprint density at radius 1 is 1.06 bits per heavy atom. The van der Waals surface area contributed by atoms with Gasteiger partial charge in [0.05, 0.1) is 28.2 Å². The highest BCUT2D eigenvalue weighted by molar-refractivity contribution is 7.91. The van der Waals surface area contributed by atoms with Crippen molar-refractivity contribution in [2.75, 3.05) is 18.1 Å². The number of nitrogens with zero attached hydrogens (tertiary/aromatic N) is 1. The van der Waals surface area contributed by atoms with Crippen molar-refractivity contribution >= 4 is 49.7 Å². The molecule has 4 rings (SSSR count). The number of carbonyl (C=O) groups is 1. The van der Waals surface area contributed by atoms with Crippen LogP contribution >= 0.6 is 23.2 Å². The van der Waals surface area contributed by atoms with Crippen LogP contribution in [0.15, 0.2) is 54.6 Å². The third-order valence-corrected chi connectivity index (χ3v) is 8.68. The van der Waals surface area contributed by atoms with E-state index in [-0.39, 0.29) is 34.0 Å². The fourth-order valence-electron chi connectivity index (χ4n) is 4.52. The van der Waals surface area contributed by atoms with Crippen LogP contribution in [0.4, 0.5) is 0 Å². The zero-order valence-corrected chi connectivity index (χ0v) is 22.0. The number of amides is 1. The van der Waals surface area contributed by atoms with E-state index in [9.17, 15) is 13.2 Å². The molecule has 0 N–H and O–H groups in total. The van der Waals surface area contributed by atoms with Crippen LogP contribution in [0, 0.1) is 0 Å². The molecule has 0 aliphatic carbocycles. The van der Waals surface area contributed by atoms with Crippen LogP contribution in [0.1, 0.15) is 48.5 Å². The maximum Gasteiger partial charge on any atom is 0.254 e. The van der Waals surface area contributed by atoms with Gasteiger partial charge in [-0.2, -0.15) is 0 Å². The minimum Gasteiger partial charge on any atom is -0.490 e. The van der Waals surface area contributed by atoms with E-state index in [2.05, 4.69) is 6.92 Å². The molecular formula is C27H29Cl2NO4S. The summed E-state index contributed by atoms with van der Waals surface area (Å²) in [4.78, 5) is 15.4. The molecule has 0 bridgehead atoms. The molecule has 35 heavy (non-hydrogen) atoms. The lowest BCUT2D eigenvalue weighted by atomic mass is 10.0. The first-order valence-corrected chi connectivity index (χ1v) is 14.5. The van der Waals surface area contributed by atoms with Crippen molar-refractivity contribution in [3.8, 4) is 5.75 Å². The first-order valence-electron chi connectivity index (χ1n) is 11.9. The second kappa shape index (κ2) is 11.2. The van der Waals surface area contributed by atoms with Crippen molar-refractivity contribution in [1.29, 1.82) is 0 Å². The van der Waals surface area contributed by atoms with Gasteiger partial charge < -0.3 is 9.64 Å². The monoisotopic (exact) mass is 533 g/mol. The minimum atomic E-state index is -3.20. The molecule has 1 fully saturated rings. The quantitative estimate of drug-likeness (QED) is 0.292. The van der Waals surface area contributed by atoms with Crippen molar-refractivity contribution in [2.45, 2.75) is 45.2 Å². The number of fused-ring (bicyclic) bond motifs is 1. The number of rotatable bonds is 9. The summed E-state index contributed by atoms with van der Waals surface area (Å²) in [7, 11) is -3.20. The van der Waals surface area contributed by atoms with E-state index < -0.39 is 15.9 Å². The zero-order valence-electron chi connectivity index (χ0n) is 19.7. The molecule has 0 radical (unpaired) electrons. The molecule has 3 aromatic rings. The maximum atomic E-state index is 13.8. The summed E-state index contributed by atoms with van der Waals surface area (Å²) in [5, 5.41) is 2.62. The molecule has 3 aromatic carbocycles. The minimum absolute atomic E-state index is 0.0520. The molecule has 1 aliphatic heterocycles. The second-order valence-electron chi connectivity index (χ2n) is 8.95. The van der Waals surface area contributed by atoms with Gasteiger partial charge in [0.2, 0.25) is 0 Å². The normalized spacial score (nSPS) is 16.9. The molecule has 0 spiro atoms. The predicted octanol–water partition coefficient (Wildman–Crippen LogP) is 6.55. The number of sulfone groups is 1. The summed E-state index contributed by atoms with van der Waals surface area (Å²) in [5.41, 5.74) is 1.26. The van der Waals surface area contributed by atoms with Crippen LogP contribution in [0.3, 0.4) is 0 Å². The van der Waals surface area contributed by atoms with E-state index in [0.717, 1.165) is 35.6 Å². The Morgan fingerprint density at radius 2 is 1.77 bits per heavy atom. The fourth-order valence-corrected chi connectivity index (χ4v) is 6.84. The van der Waals surface area contributed by atoms with Gasteiger partial charge in [-0.05, 0) is 41.3 Å². The van der Waals surface area contributed by atoms with Gasteiger partial charge in [-0.25, -0.2) is 8.42 Å². The lowest BCUT2D eigenvalue weighted by molar-refractivity contribution is 0.0682. The first kappa shape index (κ1) is 25.8. The molecule has 1 amide bonds. The topological polar surface area (TPSA) is 63.7 Å². The predicted molar refractivity (Wildman–Crippen MR) is 142 cm³/mol. The molecule has 5 nitrogen and oxygen atoms in total. The SMILES string of the molecule is CCCCCOc1c(Cl)cc(C(=O)N(Cc2cccc3ccccc23)[C@@H]2CCS(=O)(=O)C2)cc1Cl. The van der Waals surface area contributed by atoms with E-state index in [4.69, 9.17) is 27.9 Å². The molecule has 0 saturated carbocycles. The van der Waals surface area contributed by atoms with E-state index in [1.807, 2.05) is 42.5 Å². The highest BCUT2D eigenvalue weighted by atomic mass is 35.5. The highest BCUT2D eigenvalue weighted by Gasteiger charge is 2.35. The summed E-state index contributed by atoms with van der Waals surface area (Å²) in [6, 6.07) is 16.6. The summed E-state index contributed by atoms with van der Waals surface area (Å²) in [5.74, 6) is 0.0819. The molecular weight excluding hydrogens is 505 g/mol. The van der Waals surface area contributed by atoms with E-state index in [1.165, 1.54) is 0 Å². The number of unbranched alkanes of at least 4 members (excludes halogenated alkanes) is 2. The number of hydrogen-bond donors (Lipinski definition) is 0. The van der Waals surface area contributed by atoms with Gasteiger partial charge in [-0.1, -0.05) is 85.4 Å². The number of hydrogen-bond acceptors (Lipinski definition) is 4. The fraction of sp³-hybridized carbons (Fsp3) is 0.370. The third kappa shape index (κ3) is 6.11. The largest absolute Gasteiger partial charge is 0.490 e. The van der Waals surface area contributed by atoms with Crippen LogP contribution in [0.5, 0.6) is 5.75 Å². The van der Waals surface area contributed by atoms with Gasteiger partial charge in [-0.15, -0.1) is 0 Å². The molecule has 1 atom stereocenters. The number of halogens is 2. The summed E-state index contributed by atoms with van der Waals surface area (Å²) >= 11 is 12.9. The molecule has 186 valence electrons. The molecule has 0 unspecified atom stereocenters. The molecule has 1 aliphatic rings. The van der Waals surface area contributed by atoms with Crippen LogP contribution in [-0.4, -0.2) is 43.4 Å². The lowest BCUT2D eigenvalue weighted by Gasteiger charge is -2.29. The Labute approximate surface area is 216 Å². The molecule has 8 heteroatoms. The number of carbonyl (C=O) groups excluding carboxylic acids is 1. The Kier molecular flexibility index (Phi) is 8.25. The Balaban J connectivity index is 1.65. The van der Waals surface area contributed by atoms with Gasteiger partial charge in [0, 0.05) is 18.2 Å². The van der Waals surface area contributed by atoms with Crippen molar-refractivity contribution in [2.24, 2.45) is 0 Å².